The molecule has 0 unspecified atom stereocenters. The second-order valence-corrected chi connectivity index (χ2v) is 3.32. The lowest BCUT2D eigenvalue weighted by atomic mass is 10.2. The summed E-state index contributed by atoms with van der Waals surface area (Å²) in [5.74, 6) is 0. The van der Waals surface area contributed by atoms with E-state index in [1.54, 1.807) is 17.6 Å². The molecule has 2 heterocycles. The van der Waals surface area contributed by atoms with E-state index in [-0.39, 0.29) is 0 Å². The van der Waals surface area contributed by atoms with E-state index in [9.17, 15) is 0 Å². The first kappa shape index (κ1) is 7.52. The van der Waals surface area contributed by atoms with Crippen molar-refractivity contribution in [3.8, 4) is 10.6 Å². The second-order valence-electron chi connectivity index (χ2n) is 2.37. The van der Waals surface area contributed by atoms with Gasteiger partial charge in [0.15, 0.2) is 0 Å². The Morgan fingerprint density at radius 2 is 2.50 bits per heavy atom. The molecule has 0 saturated heterocycles. The predicted molar refractivity (Wildman–Crippen MR) is 47.7 cm³/mol. The van der Waals surface area contributed by atoms with Crippen LogP contribution in [0.2, 0.25) is 0 Å². The maximum atomic E-state index is 5.51. The molecule has 2 aromatic rings. The Bertz CT molecular complexity index is 353. The monoisotopic (exact) mass is 180 g/mol. The summed E-state index contributed by atoms with van der Waals surface area (Å²) in [5, 5.41) is 5.89. The number of nitrogens with zero attached hydrogens (tertiary/aromatic N) is 1. The number of rotatable bonds is 2. The fraction of sp³-hybridized carbons (Fsp3) is 0.125. The van der Waals surface area contributed by atoms with Gasteiger partial charge in [-0.3, -0.25) is 0 Å². The topological polar surface area (TPSA) is 52.0 Å². The minimum atomic E-state index is 0.469. The largest absolute Gasteiger partial charge is 0.364 e. The van der Waals surface area contributed by atoms with Gasteiger partial charge in [0.1, 0.15) is 12.0 Å². The van der Waals surface area contributed by atoms with Crippen LogP contribution in [0.25, 0.3) is 10.6 Å². The molecule has 4 heteroatoms. The van der Waals surface area contributed by atoms with Gasteiger partial charge in [-0.15, -0.1) is 11.3 Å². The van der Waals surface area contributed by atoms with Gasteiger partial charge in [-0.05, 0) is 11.4 Å². The number of hydrogen-bond acceptors (Lipinski definition) is 4. The molecule has 0 atom stereocenters. The highest BCUT2D eigenvalue weighted by atomic mass is 32.1. The van der Waals surface area contributed by atoms with Crippen molar-refractivity contribution in [2.45, 2.75) is 6.54 Å². The van der Waals surface area contributed by atoms with Crippen LogP contribution in [0.1, 0.15) is 5.56 Å². The molecule has 0 radical (unpaired) electrons. The van der Waals surface area contributed by atoms with E-state index in [4.69, 9.17) is 10.3 Å². The summed E-state index contributed by atoms with van der Waals surface area (Å²) in [6, 6.07) is 3.98. The number of thiophene rings is 1. The van der Waals surface area contributed by atoms with Crippen LogP contribution in [-0.4, -0.2) is 5.16 Å². The first-order valence-corrected chi connectivity index (χ1v) is 4.47. The van der Waals surface area contributed by atoms with Crippen LogP contribution in [0.3, 0.4) is 0 Å². The molecular weight excluding hydrogens is 172 g/mol. The summed E-state index contributed by atoms with van der Waals surface area (Å²) < 4.78 is 4.84. The lowest BCUT2D eigenvalue weighted by Crippen LogP contribution is -1.95. The minimum absolute atomic E-state index is 0.469. The second kappa shape index (κ2) is 3.08. The molecule has 62 valence electrons. The van der Waals surface area contributed by atoms with E-state index in [1.165, 1.54) is 0 Å². The fourth-order valence-electron chi connectivity index (χ4n) is 1.02. The third kappa shape index (κ3) is 1.15. The standard InChI is InChI=1S/C8H8N2OS/c9-4-6-5-11-10-8(6)7-2-1-3-12-7/h1-3,5H,4,9H2. The molecule has 2 rings (SSSR count). The smallest absolute Gasteiger partial charge is 0.128 e. The molecule has 0 aliphatic rings. The van der Waals surface area contributed by atoms with E-state index < -0.39 is 0 Å². The average Bonchev–Trinajstić information content (AvgIpc) is 2.74. The van der Waals surface area contributed by atoms with Crippen molar-refractivity contribution in [3.05, 3.63) is 29.3 Å². The first-order chi connectivity index (χ1) is 5.92. The van der Waals surface area contributed by atoms with Crippen LogP contribution >= 0.6 is 11.3 Å². The van der Waals surface area contributed by atoms with Crippen LogP contribution in [0.4, 0.5) is 0 Å². The lowest BCUT2D eigenvalue weighted by Gasteiger charge is -1.91. The van der Waals surface area contributed by atoms with Gasteiger partial charge in [0.25, 0.3) is 0 Å². The molecule has 12 heavy (non-hydrogen) atoms. The Hall–Kier alpha value is -1.13. The Kier molecular flexibility index (Phi) is 1.93. The Morgan fingerprint density at radius 1 is 1.58 bits per heavy atom. The molecule has 0 aromatic carbocycles. The van der Waals surface area contributed by atoms with Crippen LogP contribution in [-0.2, 0) is 6.54 Å². The van der Waals surface area contributed by atoms with Crippen LogP contribution in [0.15, 0.2) is 28.3 Å². The Morgan fingerprint density at radius 3 is 3.17 bits per heavy atom. The van der Waals surface area contributed by atoms with Crippen molar-refractivity contribution in [2.24, 2.45) is 5.73 Å². The summed E-state index contributed by atoms with van der Waals surface area (Å²) in [6.45, 7) is 0.469. The molecular formula is C8H8N2OS. The van der Waals surface area contributed by atoms with E-state index in [2.05, 4.69) is 5.16 Å². The molecule has 0 saturated carbocycles. The zero-order chi connectivity index (χ0) is 8.39. The molecule has 2 aromatic heterocycles. The van der Waals surface area contributed by atoms with Crippen molar-refractivity contribution >= 4 is 11.3 Å². The predicted octanol–water partition coefficient (Wildman–Crippen LogP) is 1.86. The van der Waals surface area contributed by atoms with Gasteiger partial charge in [-0.25, -0.2) is 0 Å². The van der Waals surface area contributed by atoms with Gasteiger partial charge < -0.3 is 10.3 Å². The van der Waals surface area contributed by atoms with Gasteiger partial charge in [0, 0.05) is 12.1 Å². The molecule has 0 bridgehead atoms. The van der Waals surface area contributed by atoms with Crippen molar-refractivity contribution in [3.63, 3.8) is 0 Å². The van der Waals surface area contributed by atoms with E-state index in [1.807, 2.05) is 17.5 Å². The summed E-state index contributed by atoms with van der Waals surface area (Å²) in [6.07, 6.45) is 1.59. The highest BCUT2D eigenvalue weighted by molar-refractivity contribution is 7.13. The van der Waals surface area contributed by atoms with Crippen molar-refractivity contribution < 1.29 is 4.52 Å². The number of nitrogens with two attached hydrogens (primary N) is 1. The highest BCUT2D eigenvalue weighted by Crippen LogP contribution is 2.25. The van der Waals surface area contributed by atoms with Crippen molar-refractivity contribution in [2.75, 3.05) is 0 Å². The highest BCUT2D eigenvalue weighted by Gasteiger charge is 2.08. The van der Waals surface area contributed by atoms with Crippen molar-refractivity contribution in [1.29, 1.82) is 0 Å². The summed E-state index contributed by atoms with van der Waals surface area (Å²) in [5.41, 5.74) is 7.33. The van der Waals surface area contributed by atoms with E-state index >= 15 is 0 Å². The average molecular weight is 180 g/mol. The maximum Gasteiger partial charge on any atom is 0.128 e. The van der Waals surface area contributed by atoms with Crippen LogP contribution in [0, 0.1) is 0 Å². The van der Waals surface area contributed by atoms with E-state index in [0.717, 1.165) is 16.1 Å². The molecule has 2 N–H and O–H groups in total. The lowest BCUT2D eigenvalue weighted by molar-refractivity contribution is 0.421. The molecule has 0 amide bonds. The fourth-order valence-corrected chi connectivity index (χ4v) is 1.76. The Balaban J connectivity index is 2.46. The minimum Gasteiger partial charge on any atom is -0.364 e. The molecule has 3 nitrogen and oxygen atoms in total. The zero-order valence-electron chi connectivity index (χ0n) is 6.36. The van der Waals surface area contributed by atoms with Gasteiger partial charge >= 0.3 is 0 Å². The molecule has 0 fully saturated rings. The first-order valence-electron chi connectivity index (χ1n) is 3.59. The third-order valence-electron chi connectivity index (χ3n) is 1.62. The molecule has 0 spiro atoms. The maximum absolute atomic E-state index is 5.51. The van der Waals surface area contributed by atoms with E-state index in [0.29, 0.717) is 6.54 Å². The summed E-state index contributed by atoms with van der Waals surface area (Å²) >= 11 is 1.63. The quantitative estimate of drug-likeness (QED) is 0.767. The van der Waals surface area contributed by atoms with Gasteiger partial charge in [0.05, 0.1) is 4.88 Å². The zero-order valence-corrected chi connectivity index (χ0v) is 7.17. The van der Waals surface area contributed by atoms with Gasteiger partial charge in [-0.2, -0.15) is 0 Å². The summed E-state index contributed by atoms with van der Waals surface area (Å²) in [7, 11) is 0. The van der Waals surface area contributed by atoms with Gasteiger partial charge in [-0.1, -0.05) is 11.2 Å². The third-order valence-corrected chi connectivity index (χ3v) is 2.49. The number of hydrogen-bond donors (Lipinski definition) is 1. The number of aromatic nitrogens is 1. The van der Waals surface area contributed by atoms with Crippen LogP contribution < -0.4 is 5.73 Å². The van der Waals surface area contributed by atoms with Gasteiger partial charge in [0.2, 0.25) is 0 Å². The molecule has 0 aliphatic carbocycles. The van der Waals surface area contributed by atoms with Crippen molar-refractivity contribution in [1.82, 2.24) is 5.16 Å². The van der Waals surface area contributed by atoms with Crippen LogP contribution in [0.5, 0.6) is 0 Å². The summed E-state index contributed by atoms with van der Waals surface area (Å²) in [4.78, 5) is 1.10. The Labute approximate surface area is 73.8 Å². The molecule has 0 aliphatic heterocycles. The SMILES string of the molecule is NCc1conc1-c1cccs1. The normalized spacial score (nSPS) is 10.4.